The Hall–Kier alpha value is -1.06. The molecule has 3 heteroatoms. The summed E-state index contributed by atoms with van der Waals surface area (Å²) in [5.74, 6) is 0.894. The highest BCUT2D eigenvalue weighted by atomic mass is 16.5. The molecule has 2 unspecified atom stereocenters. The quantitative estimate of drug-likeness (QED) is 0.783. The van der Waals surface area contributed by atoms with Gasteiger partial charge in [-0.25, -0.2) is 0 Å². The van der Waals surface area contributed by atoms with Crippen LogP contribution in [0, 0.1) is 6.92 Å². The van der Waals surface area contributed by atoms with Gasteiger partial charge in [0, 0.05) is 18.2 Å². The molecule has 18 heavy (non-hydrogen) atoms. The molecular weight excluding hydrogens is 226 g/mol. The molecule has 2 N–H and O–H groups in total. The lowest BCUT2D eigenvalue weighted by Crippen LogP contribution is -2.29. The first-order valence-electron chi connectivity index (χ1n) is 6.64. The summed E-state index contributed by atoms with van der Waals surface area (Å²) in [4.78, 5) is 0. The number of aliphatic hydroxyl groups excluding tert-OH is 1. The number of aliphatic hydroxyl groups is 1. The van der Waals surface area contributed by atoms with Crippen LogP contribution in [0.3, 0.4) is 0 Å². The number of rotatable bonds is 7. The molecule has 0 radical (unpaired) electrons. The van der Waals surface area contributed by atoms with E-state index in [0.717, 1.165) is 24.2 Å². The Bertz CT molecular complexity index is 366. The molecule has 0 aromatic heterocycles. The molecule has 0 bridgehead atoms. The zero-order chi connectivity index (χ0) is 13.5. The highest BCUT2D eigenvalue weighted by molar-refractivity contribution is 5.38. The molecule has 1 rings (SSSR count). The van der Waals surface area contributed by atoms with Gasteiger partial charge >= 0.3 is 0 Å². The van der Waals surface area contributed by atoms with Crippen molar-refractivity contribution < 1.29 is 9.84 Å². The fraction of sp³-hybridized carbons (Fsp3) is 0.600. The van der Waals surface area contributed by atoms with Crippen LogP contribution in [0.4, 0.5) is 0 Å². The van der Waals surface area contributed by atoms with Crippen LogP contribution in [0.5, 0.6) is 5.75 Å². The van der Waals surface area contributed by atoms with E-state index in [1.54, 1.807) is 7.11 Å². The molecule has 0 amide bonds. The van der Waals surface area contributed by atoms with Gasteiger partial charge in [-0.2, -0.15) is 0 Å². The molecule has 0 aliphatic rings. The summed E-state index contributed by atoms with van der Waals surface area (Å²) >= 11 is 0. The van der Waals surface area contributed by atoms with Gasteiger partial charge in [0.25, 0.3) is 0 Å². The van der Waals surface area contributed by atoms with Gasteiger partial charge in [0.15, 0.2) is 0 Å². The molecule has 0 aliphatic heterocycles. The lowest BCUT2D eigenvalue weighted by atomic mass is 10.0. The average Bonchev–Trinajstić information content (AvgIpc) is 2.36. The summed E-state index contributed by atoms with van der Waals surface area (Å²) in [7, 11) is 1.69. The monoisotopic (exact) mass is 251 g/mol. The first kappa shape index (κ1) is 15.0. The number of methoxy groups -OCH3 is 1. The van der Waals surface area contributed by atoms with Gasteiger partial charge in [0.1, 0.15) is 5.75 Å². The van der Waals surface area contributed by atoms with Crippen LogP contribution < -0.4 is 10.1 Å². The molecule has 3 nitrogen and oxygen atoms in total. The maximum Gasteiger partial charge on any atom is 0.123 e. The summed E-state index contributed by atoms with van der Waals surface area (Å²) in [6.07, 6.45) is 1.57. The summed E-state index contributed by atoms with van der Waals surface area (Å²) in [6.45, 7) is 6.86. The minimum atomic E-state index is -0.270. The van der Waals surface area contributed by atoms with Crippen LogP contribution >= 0.6 is 0 Å². The molecule has 0 fully saturated rings. The van der Waals surface area contributed by atoms with Crippen LogP contribution in [0.15, 0.2) is 18.2 Å². The SMILES string of the molecule is CCCC(O)CNC(C)c1cc(C)ccc1OC. The largest absolute Gasteiger partial charge is 0.496 e. The molecule has 2 atom stereocenters. The van der Waals surface area contributed by atoms with Crippen molar-refractivity contribution in [3.8, 4) is 5.75 Å². The van der Waals surface area contributed by atoms with E-state index in [-0.39, 0.29) is 12.1 Å². The van der Waals surface area contributed by atoms with E-state index in [4.69, 9.17) is 4.74 Å². The van der Waals surface area contributed by atoms with Gasteiger partial charge in [-0.15, -0.1) is 0 Å². The molecule has 1 aromatic rings. The molecule has 1 aromatic carbocycles. The van der Waals surface area contributed by atoms with Crippen molar-refractivity contribution in [3.05, 3.63) is 29.3 Å². The predicted octanol–water partition coefficient (Wildman–Crippen LogP) is 2.82. The maximum absolute atomic E-state index is 9.73. The second-order valence-corrected chi connectivity index (χ2v) is 4.82. The van der Waals surface area contributed by atoms with Crippen LogP contribution in [0.2, 0.25) is 0 Å². The van der Waals surface area contributed by atoms with Crippen molar-refractivity contribution in [2.45, 2.75) is 45.8 Å². The van der Waals surface area contributed by atoms with Crippen LogP contribution in [0.25, 0.3) is 0 Å². The topological polar surface area (TPSA) is 41.5 Å². The smallest absolute Gasteiger partial charge is 0.123 e. The number of benzene rings is 1. The van der Waals surface area contributed by atoms with Crippen molar-refractivity contribution in [3.63, 3.8) is 0 Å². The van der Waals surface area contributed by atoms with Crippen molar-refractivity contribution in [1.82, 2.24) is 5.32 Å². The molecular formula is C15H25NO2. The molecule has 0 saturated heterocycles. The van der Waals surface area contributed by atoms with Crippen molar-refractivity contribution >= 4 is 0 Å². The highest BCUT2D eigenvalue weighted by Gasteiger charge is 2.12. The van der Waals surface area contributed by atoms with Crippen molar-refractivity contribution in [2.24, 2.45) is 0 Å². The third kappa shape index (κ3) is 4.31. The van der Waals surface area contributed by atoms with E-state index >= 15 is 0 Å². The van der Waals surface area contributed by atoms with Gasteiger partial charge in [0.2, 0.25) is 0 Å². The average molecular weight is 251 g/mol. The molecule has 0 aliphatic carbocycles. The Kier molecular flexibility index (Phi) is 6.16. The zero-order valence-corrected chi connectivity index (χ0v) is 11.9. The lowest BCUT2D eigenvalue weighted by molar-refractivity contribution is 0.157. The lowest BCUT2D eigenvalue weighted by Gasteiger charge is -2.19. The number of aryl methyl sites for hydroxylation is 1. The van der Waals surface area contributed by atoms with Gasteiger partial charge in [0.05, 0.1) is 13.2 Å². The van der Waals surface area contributed by atoms with Crippen molar-refractivity contribution in [1.29, 1.82) is 0 Å². The summed E-state index contributed by atoms with van der Waals surface area (Å²) < 4.78 is 5.37. The molecule has 0 heterocycles. The number of ether oxygens (including phenoxy) is 1. The van der Waals surface area contributed by atoms with E-state index < -0.39 is 0 Å². The predicted molar refractivity (Wildman–Crippen MR) is 75.1 cm³/mol. The molecule has 0 saturated carbocycles. The highest BCUT2D eigenvalue weighted by Crippen LogP contribution is 2.25. The van der Waals surface area contributed by atoms with Crippen LogP contribution in [-0.4, -0.2) is 24.9 Å². The van der Waals surface area contributed by atoms with Crippen molar-refractivity contribution in [2.75, 3.05) is 13.7 Å². The van der Waals surface area contributed by atoms with Crippen LogP contribution in [0.1, 0.15) is 43.9 Å². The zero-order valence-electron chi connectivity index (χ0n) is 11.9. The number of hydrogen-bond acceptors (Lipinski definition) is 3. The third-order valence-corrected chi connectivity index (χ3v) is 3.13. The third-order valence-electron chi connectivity index (χ3n) is 3.13. The Balaban J connectivity index is 2.65. The standard InChI is InChI=1S/C15H25NO2/c1-5-6-13(17)10-16-12(3)14-9-11(2)7-8-15(14)18-4/h7-9,12-13,16-17H,5-6,10H2,1-4H3. The summed E-state index contributed by atoms with van der Waals surface area (Å²) in [5, 5.41) is 13.1. The Morgan fingerprint density at radius 3 is 2.72 bits per heavy atom. The van der Waals surface area contributed by atoms with E-state index in [1.165, 1.54) is 5.56 Å². The first-order chi connectivity index (χ1) is 8.58. The number of nitrogens with one attached hydrogen (secondary N) is 1. The van der Waals surface area contributed by atoms with E-state index in [1.807, 2.05) is 12.1 Å². The molecule has 0 spiro atoms. The minimum Gasteiger partial charge on any atom is -0.496 e. The van der Waals surface area contributed by atoms with E-state index in [2.05, 4.69) is 32.2 Å². The second kappa shape index (κ2) is 7.39. The maximum atomic E-state index is 9.73. The summed E-state index contributed by atoms with van der Waals surface area (Å²) in [5.41, 5.74) is 2.36. The van der Waals surface area contributed by atoms with Gasteiger partial charge in [-0.05, 0) is 26.3 Å². The Morgan fingerprint density at radius 2 is 2.11 bits per heavy atom. The fourth-order valence-corrected chi connectivity index (χ4v) is 2.05. The van der Waals surface area contributed by atoms with Crippen LogP contribution in [-0.2, 0) is 0 Å². The van der Waals surface area contributed by atoms with Gasteiger partial charge in [-0.1, -0.05) is 31.0 Å². The van der Waals surface area contributed by atoms with E-state index in [9.17, 15) is 5.11 Å². The minimum absolute atomic E-state index is 0.173. The first-order valence-corrected chi connectivity index (χ1v) is 6.64. The summed E-state index contributed by atoms with van der Waals surface area (Å²) in [6, 6.07) is 6.33. The number of hydrogen-bond donors (Lipinski definition) is 2. The Morgan fingerprint density at radius 1 is 1.39 bits per heavy atom. The second-order valence-electron chi connectivity index (χ2n) is 4.82. The van der Waals surface area contributed by atoms with Gasteiger partial charge in [-0.3, -0.25) is 0 Å². The van der Waals surface area contributed by atoms with E-state index in [0.29, 0.717) is 6.54 Å². The van der Waals surface area contributed by atoms with Gasteiger partial charge < -0.3 is 15.2 Å². The molecule has 102 valence electrons. The normalized spacial score (nSPS) is 14.3. The fourth-order valence-electron chi connectivity index (χ4n) is 2.05. The Labute approximate surface area is 110 Å².